The van der Waals surface area contributed by atoms with Crippen LogP contribution in [-0.4, -0.2) is 5.78 Å². The van der Waals surface area contributed by atoms with Crippen molar-refractivity contribution in [1.82, 2.24) is 0 Å². The van der Waals surface area contributed by atoms with Crippen molar-refractivity contribution in [2.24, 2.45) is 5.92 Å². The molecule has 3 aliphatic carbocycles. The molecule has 3 atom stereocenters. The van der Waals surface area contributed by atoms with Crippen LogP contribution in [0.2, 0.25) is 0 Å². The van der Waals surface area contributed by atoms with Gasteiger partial charge in [0, 0.05) is 37.6 Å². The Balaban J connectivity index is 1.40. The Bertz CT molecular complexity index is 1750. The molecule has 0 amide bonds. The summed E-state index contributed by atoms with van der Waals surface area (Å²) in [6.45, 7) is 0. The zero-order valence-electron chi connectivity index (χ0n) is 18.4. The lowest BCUT2D eigenvalue weighted by atomic mass is 9.65. The molecule has 0 fully saturated rings. The molecule has 1 aromatic heterocycles. The standard InChI is InChI=1S/C32H20OS/c33-32-25-11-4-1-7-20(25)24-15-14-19(29-22-9-2-3-10-23(22)31(32)30(24)29)18-13-16-28-26(17-18)21-8-5-6-12-27(21)34-28/h1-17,29-31H. The van der Waals surface area contributed by atoms with E-state index in [0.717, 1.165) is 11.1 Å². The molecule has 1 nitrogen and oxygen atoms in total. The quantitative estimate of drug-likeness (QED) is 0.250. The molecule has 34 heavy (non-hydrogen) atoms. The Hall–Kier alpha value is -3.75. The lowest BCUT2D eigenvalue weighted by Gasteiger charge is -2.36. The van der Waals surface area contributed by atoms with E-state index in [1.165, 1.54) is 48.0 Å². The molecule has 3 unspecified atom stereocenters. The van der Waals surface area contributed by atoms with Crippen molar-refractivity contribution >= 4 is 48.4 Å². The number of ketones is 1. The second kappa shape index (κ2) is 6.65. The molecule has 0 N–H and O–H groups in total. The van der Waals surface area contributed by atoms with Gasteiger partial charge in [-0.2, -0.15) is 0 Å². The molecule has 5 aromatic rings. The molecule has 0 bridgehead atoms. The number of allylic oxidation sites excluding steroid dienone is 4. The van der Waals surface area contributed by atoms with Crippen molar-refractivity contribution in [3.63, 3.8) is 0 Å². The number of rotatable bonds is 1. The van der Waals surface area contributed by atoms with Crippen LogP contribution in [0.1, 0.15) is 44.4 Å². The number of Topliss-reactive ketones (excluding diaryl/α,β-unsaturated/α-hetero) is 1. The summed E-state index contributed by atoms with van der Waals surface area (Å²) in [5, 5.41) is 2.64. The number of hydrogen-bond acceptors (Lipinski definition) is 2. The zero-order chi connectivity index (χ0) is 22.4. The van der Waals surface area contributed by atoms with Crippen molar-refractivity contribution < 1.29 is 4.79 Å². The van der Waals surface area contributed by atoms with Crippen molar-refractivity contribution in [3.05, 3.63) is 131 Å². The minimum absolute atomic E-state index is 0.100. The third-order valence-electron chi connectivity index (χ3n) is 8.02. The Kier molecular flexibility index (Phi) is 3.65. The molecule has 0 spiro atoms. The minimum atomic E-state index is -0.100. The highest BCUT2D eigenvalue weighted by Crippen LogP contribution is 2.61. The van der Waals surface area contributed by atoms with E-state index < -0.39 is 0 Å². The fourth-order valence-corrected chi connectivity index (χ4v) is 7.73. The van der Waals surface area contributed by atoms with E-state index in [1.54, 1.807) is 0 Å². The van der Waals surface area contributed by atoms with Crippen molar-refractivity contribution in [3.8, 4) is 0 Å². The molecular formula is C32H20OS. The molecule has 1 heterocycles. The molecule has 8 rings (SSSR count). The van der Waals surface area contributed by atoms with E-state index in [-0.39, 0.29) is 23.5 Å². The Labute approximate surface area is 201 Å². The normalized spacial score (nSPS) is 22.2. The van der Waals surface area contributed by atoms with E-state index in [0.29, 0.717) is 0 Å². The van der Waals surface area contributed by atoms with Crippen LogP contribution in [-0.2, 0) is 0 Å². The molecule has 3 aliphatic rings. The van der Waals surface area contributed by atoms with E-state index in [2.05, 4.69) is 91.0 Å². The fourth-order valence-electron chi connectivity index (χ4n) is 6.64. The summed E-state index contributed by atoms with van der Waals surface area (Å²) in [5.74, 6) is 0.528. The van der Waals surface area contributed by atoms with Gasteiger partial charge in [0.1, 0.15) is 0 Å². The molecule has 160 valence electrons. The smallest absolute Gasteiger partial charge is 0.171 e. The Morgan fingerprint density at radius 3 is 2.15 bits per heavy atom. The highest BCUT2D eigenvalue weighted by molar-refractivity contribution is 7.25. The molecule has 0 radical (unpaired) electrons. The van der Waals surface area contributed by atoms with Crippen LogP contribution in [0.3, 0.4) is 0 Å². The minimum Gasteiger partial charge on any atom is -0.293 e. The van der Waals surface area contributed by atoms with Crippen LogP contribution in [0.4, 0.5) is 0 Å². The number of thiophene rings is 1. The highest BCUT2D eigenvalue weighted by Gasteiger charge is 2.51. The van der Waals surface area contributed by atoms with E-state index in [9.17, 15) is 4.79 Å². The van der Waals surface area contributed by atoms with Gasteiger partial charge in [-0.3, -0.25) is 4.79 Å². The van der Waals surface area contributed by atoms with Crippen LogP contribution < -0.4 is 0 Å². The summed E-state index contributed by atoms with van der Waals surface area (Å²) in [6, 6.07) is 32.4. The monoisotopic (exact) mass is 452 g/mol. The van der Waals surface area contributed by atoms with Gasteiger partial charge in [-0.1, -0.05) is 84.9 Å². The molecule has 0 saturated heterocycles. The van der Waals surface area contributed by atoms with Crippen LogP contribution in [0, 0.1) is 5.92 Å². The highest BCUT2D eigenvalue weighted by atomic mass is 32.1. The number of benzene rings is 4. The summed E-state index contributed by atoms with van der Waals surface area (Å²) < 4.78 is 2.65. The van der Waals surface area contributed by atoms with Gasteiger partial charge >= 0.3 is 0 Å². The summed E-state index contributed by atoms with van der Waals surface area (Å²) in [7, 11) is 0. The van der Waals surface area contributed by atoms with Crippen molar-refractivity contribution in [2.75, 3.05) is 0 Å². The van der Waals surface area contributed by atoms with Crippen LogP contribution >= 0.6 is 11.3 Å². The van der Waals surface area contributed by atoms with Gasteiger partial charge < -0.3 is 0 Å². The maximum absolute atomic E-state index is 13.8. The maximum atomic E-state index is 13.8. The van der Waals surface area contributed by atoms with Gasteiger partial charge in [-0.25, -0.2) is 0 Å². The summed E-state index contributed by atoms with van der Waals surface area (Å²) in [6.07, 6.45) is 4.61. The number of carbonyl (C=O) groups is 1. The first kappa shape index (κ1) is 18.7. The van der Waals surface area contributed by atoms with Crippen LogP contribution in [0.25, 0.3) is 31.3 Å². The maximum Gasteiger partial charge on any atom is 0.171 e. The topological polar surface area (TPSA) is 17.1 Å². The van der Waals surface area contributed by atoms with Gasteiger partial charge in [0.2, 0.25) is 0 Å². The number of fused-ring (bicyclic) bond motifs is 8. The van der Waals surface area contributed by atoms with Gasteiger partial charge in [-0.05, 0) is 51.6 Å². The fraction of sp³-hybridized carbons (Fsp3) is 0.0938. The predicted octanol–water partition coefficient (Wildman–Crippen LogP) is 8.23. The molecular weight excluding hydrogens is 432 g/mol. The number of carbonyl (C=O) groups excluding carboxylic acids is 1. The third-order valence-corrected chi connectivity index (χ3v) is 9.17. The lowest BCUT2D eigenvalue weighted by molar-refractivity contribution is 0.0940. The first-order valence-corrected chi connectivity index (χ1v) is 12.7. The average molecular weight is 453 g/mol. The Morgan fingerprint density at radius 2 is 1.26 bits per heavy atom. The van der Waals surface area contributed by atoms with Gasteiger partial charge in [-0.15, -0.1) is 11.3 Å². The first-order chi connectivity index (χ1) is 16.8. The Morgan fingerprint density at radius 1 is 0.588 bits per heavy atom. The third kappa shape index (κ3) is 2.31. The van der Waals surface area contributed by atoms with E-state index >= 15 is 0 Å². The molecule has 0 saturated carbocycles. The summed E-state index contributed by atoms with van der Waals surface area (Å²) in [5.41, 5.74) is 8.40. The SMILES string of the molecule is O=C1c2ccccc2C2=CC=C(c3ccc4sc5ccccc5c4c3)C3c4ccccc4C1C23. The molecule has 0 aliphatic heterocycles. The summed E-state index contributed by atoms with van der Waals surface area (Å²) in [4.78, 5) is 13.8. The number of hydrogen-bond donors (Lipinski definition) is 0. The predicted molar refractivity (Wildman–Crippen MR) is 141 cm³/mol. The molecule has 2 heteroatoms. The first-order valence-electron chi connectivity index (χ1n) is 11.9. The van der Waals surface area contributed by atoms with E-state index in [1.807, 2.05) is 23.5 Å². The zero-order valence-corrected chi connectivity index (χ0v) is 19.2. The van der Waals surface area contributed by atoms with Crippen LogP contribution in [0.5, 0.6) is 0 Å². The van der Waals surface area contributed by atoms with Gasteiger partial charge in [0.15, 0.2) is 5.78 Å². The second-order valence-corrected chi connectivity index (χ2v) is 10.7. The average Bonchev–Trinajstić information content (AvgIpc) is 3.44. The van der Waals surface area contributed by atoms with Gasteiger partial charge in [0.25, 0.3) is 0 Å². The van der Waals surface area contributed by atoms with Crippen molar-refractivity contribution in [2.45, 2.75) is 11.8 Å². The van der Waals surface area contributed by atoms with Crippen molar-refractivity contribution in [1.29, 1.82) is 0 Å². The lowest BCUT2D eigenvalue weighted by Crippen LogP contribution is -2.29. The second-order valence-electron chi connectivity index (χ2n) is 9.57. The largest absolute Gasteiger partial charge is 0.293 e. The summed E-state index contributed by atoms with van der Waals surface area (Å²) >= 11 is 1.86. The van der Waals surface area contributed by atoms with E-state index in [4.69, 9.17) is 0 Å². The van der Waals surface area contributed by atoms with Gasteiger partial charge in [0.05, 0.1) is 5.92 Å². The van der Waals surface area contributed by atoms with Crippen LogP contribution in [0.15, 0.2) is 103 Å². The molecule has 4 aromatic carbocycles.